The number of esters is 1. The Morgan fingerprint density at radius 2 is 2.25 bits per heavy atom. The number of rotatable bonds is 4. The van der Waals surface area contributed by atoms with Gasteiger partial charge in [-0.05, 0) is 19.8 Å². The summed E-state index contributed by atoms with van der Waals surface area (Å²) in [6, 6.07) is 0. The Morgan fingerprint density at radius 1 is 1.67 bits per heavy atom. The third kappa shape index (κ3) is 4.13. The van der Waals surface area contributed by atoms with Gasteiger partial charge in [0.15, 0.2) is 0 Å². The van der Waals surface area contributed by atoms with Crippen molar-refractivity contribution >= 4 is 5.97 Å². The Balaban J connectivity index is 3.91. The third-order valence-corrected chi connectivity index (χ3v) is 1.67. The molecule has 0 aliphatic carbocycles. The van der Waals surface area contributed by atoms with E-state index in [1.807, 2.05) is 6.92 Å². The van der Waals surface area contributed by atoms with Gasteiger partial charge in [-0.3, -0.25) is 0 Å². The SMILES string of the molecule is CCC(O)CC=C(C)C(=O)OC. The van der Waals surface area contributed by atoms with E-state index in [0.29, 0.717) is 18.4 Å². The molecule has 0 aliphatic heterocycles. The van der Waals surface area contributed by atoms with Crippen molar-refractivity contribution in [3.63, 3.8) is 0 Å². The normalized spacial score (nSPS) is 14.2. The van der Waals surface area contributed by atoms with E-state index >= 15 is 0 Å². The number of carbonyl (C=O) groups is 1. The average molecular weight is 172 g/mol. The minimum Gasteiger partial charge on any atom is -0.466 e. The summed E-state index contributed by atoms with van der Waals surface area (Å²) in [5.41, 5.74) is 0.546. The molecule has 0 saturated heterocycles. The molecule has 1 N–H and O–H groups in total. The molecule has 0 rings (SSSR count). The van der Waals surface area contributed by atoms with Gasteiger partial charge in [-0.2, -0.15) is 0 Å². The highest BCUT2D eigenvalue weighted by Gasteiger charge is 2.03. The molecule has 0 aliphatic rings. The fraction of sp³-hybridized carbons (Fsp3) is 0.667. The summed E-state index contributed by atoms with van der Waals surface area (Å²) >= 11 is 0. The molecule has 12 heavy (non-hydrogen) atoms. The molecule has 70 valence electrons. The highest BCUT2D eigenvalue weighted by atomic mass is 16.5. The number of hydrogen-bond donors (Lipinski definition) is 1. The molecule has 1 atom stereocenters. The highest BCUT2D eigenvalue weighted by Crippen LogP contribution is 2.03. The lowest BCUT2D eigenvalue weighted by Gasteiger charge is -2.03. The van der Waals surface area contributed by atoms with Crippen molar-refractivity contribution in [2.24, 2.45) is 0 Å². The predicted octanol–water partition coefficient (Wildman–Crippen LogP) is 1.27. The monoisotopic (exact) mass is 172 g/mol. The second-order valence-electron chi connectivity index (χ2n) is 2.68. The maximum absolute atomic E-state index is 10.8. The van der Waals surface area contributed by atoms with Crippen molar-refractivity contribution in [3.8, 4) is 0 Å². The van der Waals surface area contributed by atoms with E-state index in [9.17, 15) is 4.79 Å². The molecule has 1 unspecified atom stereocenters. The first-order valence-electron chi connectivity index (χ1n) is 4.05. The van der Waals surface area contributed by atoms with Gasteiger partial charge in [-0.15, -0.1) is 0 Å². The Labute approximate surface area is 73.0 Å². The van der Waals surface area contributed by atoms with E-state index in [1.165, 1.54) is 7.11 Å². The predicted molar refractivity (Wildman–Crippen MR) is 46.7 cm³/mol. The van der Waals surface area contributed by atoms with Gasteiger partial charge in [0.05, 0.1) is 13.2 Å². The second kappa shape index (κ2) is 5.77. The van der Waals surface area contributed by atoms with Gasteiger partial charge in [-0.25, -0.2) is 4.79 Å². The smallest absolute Gasteiger partial charge is 0.333 e. The number of carbonyl (C=O) groups excluding carboxylic acids is 1. The molecule has 0 radical (unpaired) electrons. The minimum atomic E-state index is -0.357. The molecule has 0 saturated carbocycles. The van der Waals surface area contributed by atoms with Crippen molar-refractivity contribution in [1.82, 2.24) is 0 Å². The van der Waals surface area contributed by atoms with Gasteiger partial charge in [0, 0.05) is 5.57 Å². The van der Waals surface area contributed by atoms with E-state index in [4.69, 9.17) is 5.11 Å². The van der Waals surface area contributed by atoms with Crippen molar-refractivity contribution in [2.45, 2.75) is 32.8 Å². The summed E-state index contributed by atoms with van der Waals surface area (Å²) in [6.07, 6.45) is 2.55. The van der Waals surface area contributed by atoms with Crippen LogP contribution in [0.2, 0.25) is 0 Å². The van der Waals surface area contributed by atoms with Crippen molar-refractivity contribution < 1.29 is 14.6 Å². The molecule has 0 bridgehead atoms. The van der Waals surface area contributed by atoms with Crippen LogP contribution >= 0.6 is 0 Å². The zero-order valence-corrected chi connectivity index (χ0v) is 7.83. The Morgan fingerprint density at radius 3 is 2.67 bits per heavy atom. The molecular weight excluding hydrogens is 156 g/mol. The lowest BCUT2D eigenvalue weighted by molar-refractivity contribution is -0.136. The van der Waals surface area contributed by atoms with E-state index < -0.39 is 0 Å². The van der Waals surface area contributed by atoms with Crippen molar-refractivity contribution in [1.29, 1.82) is 0 Å². The lowest BCUT2D eigenvalue weighted by atomic mass is 10.1. The van der Waals surface area contributed by atoms with Crippen LogP contribution in [-0.2, 0) is 9.53 Å². The number of hydrogen-bond acceptors (Lipinski definition) is 3. The Kier molecular flexibility index (Phi) is 5.37. The van der Waals surface area contributed by atoms with Gasteiger partial charge < -0.3 is 9.84 Å². The van der Waals surface area contributed by atoms with Crippen molar-refractivity contribution in [3.05, 3.63) is 11.6 Å². The molecule has 0 aromatic heterocycles. The van der Waals surface area contributed by atoms with Gasteiger partial charge in [0.1, 0.15) is 0 Å². The second-order valence-corrected chi connectivity index (χ2v) is 2.68. The molecule has 0 heterocycles. The van der Waals surface area contributed by atoms with Crippen LogP contribution in [0.25, 0.3) is 0 Å². The van der Waals surface area contributed by atoms with Crippen LogP contribution in [0.5, 0.6) is 0 Å². The van der Waals surface area contributed by atoms with E-state index in [2.05, 4.69) is 4.74 Å². The van der Waals surface area contributed by atoms with Crippen molar-refractivity contribution in [2.75, 3.05) is 7.11 Å². The summed E-state index contributed by atoms with van der Waals surface area (Å²) in [5, 5.41) is 9.16. The molecule has 0 aromatic carbocycles. The standard InChI is InChI=1S/C9H16O3/c1-4-8(10)6-5-7(2)9(11)12-3/h5,8,10H,4,6H2,1-3H3. The zero-order chi connectivity index (χ0) is 9.56. The number of methoxy groups -OCH3 is 1. The first kappa shape index (κ1) is 11.2. The molecule has 3 heteroatoms. The highest BCUT2D eigenvalue weighted by molar-refractivity contribution is 5.87. The third-order valence-electron chi connectivity index (χ3n) is 1.67. The molecule has 3 nitrogen and oxygen atoms in total. The number of ether oxygens (including phenoxy) is 1. The van der Waals surface area contributed by atoms with Crippen LogP contribution < -0.4 is 0 Å². The van der Waals surface area contributed by atoms with Crippen LogP contribution in [0.3, 0.4) is 0 Å². The number of aliphatic hydroxyl groups excluding tert-OH is 1. The fourth-order valence-corrected chi connectivity index (χ4v) is 0.724. The Hall–Kier alpha value is -0.830. The van der Waals surface area contributed by atoms with E-state index in [1.54, 1.807) is 13.0 Å². The van der Waals surface area contributed by atoms with Gasteiger partial charge in [0.25, 0.3) is 0 Å². The summed E-state index contributed by atoms with van der Waals surface area (Å²) in [5.74, 6) is -0.335. The minimum absolute atomic E-state index is 0.335. The summed E-state index contributed by atoms with van der Waals surface area (Å²) < 4.78 is 4.49. The first-order valence-corrected chi connectivity index (χ1v) is 4.05. The van der Waals surface area contributed by atoms with Crippen LogP contribution in [-0.4, -0.2) is 24.3 Å². The number of aliphatic hydroxyl groups is 1. The van der Waals surface area contributed by atoms with E-state index in [-0.39, 0.29) is 12.1 Å². The quantitative estimate of drug-likeness (QED) is 0.513. The molecule has 0 aromatic rings. The molecular formula is C9H16O3. The van der Waals surface area contributed by atoms with E-state index in [0.717, 1.165) is 0 Å². The Bertz CT molecular complexity index is 173. The lowest BCUT2D eigenvalue weighted by Crippen LogP contribution is -2.05. The summed E-state index contributed by atoms with van der Waals surface area (Å²) in [7, 11) is 1.34. The van der Waals surface area contributed by atoms with Crippen LogP contribution in [0.4, 0.5) is 0 Å². The molecule has 0 spiro atoms. The topological polar surface area (TPSA) is 46.5 Å². The summed E-state index contributed by atoms with van der Waals surface area (Å²) in [6.45, 7) is 3.57. The molecule has 0 fully saturated rings. The summed E-state index contributed by atoms with van der Waals surface area (Å²) in [4.78, 5) is 10.8. The van der Waals surface area contributed by atoms with Gasteiger partial charge in [0.2, 0.25) is 0 Å². The fourth-order valence-electron chi connectivity index (χ4n) is 0.724. The maximum atomic E-state index is 10.8. The zero-order valence-electron chi connectivity index (χ0n) is 7.83. The van der Waals surface area contributed by atoms with Gasteiger partial charge >= 0.3 is 5.97 Å². The van der Waals surface area contributed by atoms with Crippen LogP contribution in [0, 0.1) is 0 Å². The van der Waals surface area contributed by atoms with Gasteiger partial charge in [-0.1, -0.05) is 13.0 Å². The molecule has 0 amide bonds. The largest absolute Gasteiger partial charge is 0.466 e. The first-order chi connectivity index (χ1) is 5.61. The van der Waals surface area contributed by atoms with Crippen LogP contribution in [0.1, 0.15) is 26.7 Å². The maximum Gasteiger partial charge on any atom is 0.333 e. The van der Waals surface area contributed by atoms with Crippen LogP contribution in [0.15, 0.2) is 11.6 Å². The average Bonchev–Trinajstić information content (AvgIpc) is 2.11.